The molecule has 3 aromatic rings. The largest absolute Gasteiger partial charge is 0.339 e. The van der Waals surface area contributed by atoms with Crippen molar-refractivity contribution in [2.24, 2.45) is 0 Å². The number of nitrogens with zero attached hydrogens (tertiary/aromatic N) is 3. The molecular formula is C21H22N4O. The minimum Gasteiger partial charge on any atom is -0.339 e. The van der Waals surface area contributed by atoms with Gasteiger partial charge in [-0.1, -0.05) is 49.4 Å². The lowest BCUT2D eigenvalue weighted by molar-refractivity contribution is 0.0778. The van der Waals surface area contributed by atoms with Crippen molar-refractivity contribution in [1.82, 2.24) is 15.1 Å². The first-order valence-electron chi connectivity index (χ1n) is 8.65. The summed E-state index contributed by atoms with van der Waals surface area (Å²) in [7, 11) is 1.76. The molecule has 0 saturated carbocycles. The molecule has 0 aliphatic rings. The van der Waals surface area contributed by atoms with E-state index >= 15 is 0 Å². The summed E-state index contributed by atoms with van der Waals surface area (Å²) >= 11 is 0. The van der Waals surface area contributed by atoms with Crippen molar-refractivity contribution >= 4 is 17.4 Å². The Kier molecular flexibility index (Phi) is 5.59. The van der Waals surface area contributed by atoms with E-state index in [2.05, 4.69) is 34.6 Å². The van der Waals surface area contributed by atoms with Crippen LogP contribution in [0.1, 0.15) is 28.5 Å². The number of aromatic nitrogens is 2. The fourth-order valence-electron chi connectivity index (χ4n) is 2.61. The van der Waals surface area contributed by atoms with Crippen molar-refractivity contribution in [1.29, 1.82) is 0 Å². The zero-order chi connectivity index (χ0) is 18.4. The predicted octanol–water partition coefficient (Wildman–Crippen LogP) is 4.05. The summed E-state index contributed by atoms with van der Waals surface area (Å²) in [5.41, 5.74) is 3.63. The third-order valence-electron chi connectivity index (χ3n) is 4.13. The summed E-state index contributed by atoms with van der Waals surface area (Å²) < 4.78 is 0. The summed E-state index contributed by atoms with van der Waals surface area (Å²) in [5.74, 6) is 0.455. The number of hydrogen-bond acceptors (Lipinski definition) is 4. The lowest BCUT2D eigenvalue weighted by atomic mass is 10.1. The summed E-state index contributed by atoms with van der Waals surface area (Å²) in [5, 5.41) is 11.4. The maximum Gasteiger partial charge on any atom is 0.274 e. The molecule has 0 atom stereocenters. The van der Waals surface area contributed by atoms with Crippen LogP contribution in [0, 0.1) is 0 Å². The van der Waals surface area contributed by atoms with Crippen LogP contribution in [0.4, 0.5) is 11.5 Å². The molecule has 132 valence electrons. The lowest BCUT2D eigenvalue weighted by Crippen LogP contribution is -2.27. The first-order chi connectivity index (χ1) is 12.7. The van der Waals surface area contributed by atoms with E-state index in [0.717, 1.165) is 17.7 Å². The molecule has 0 spiro atoms. The van der Waals surface area contributed by atoms with Crippen LogP contribution >= 0.6 is 0 Å². The summed E-state index contributed by atoms with van der Waals surface area (Å²) in [6, 6.07) is 21.5. The van der Waals surface area contributed by atoms with Gasteiger partial charge in [0.15, 0.2) is 11.5 Å². The standard InChI is InChI=1S/C21H22N4O/c1-3-16-9-11-18(12-10-16)22-20-14-13-19(23-24-20)21(26)25(2)15-17-7-5-4-6-8-17/h4-14H,3,15H2,1-2H3,(H,22,24). The van der Waals surface area contributed by atoms with Gasteiger partial charge >= 0.3 is 0 Å². The van der Waals surface area contributed by atoms with Gasteiger partial charge in [0, 0.05) is 19.3 Å². The zero-order valence-corrected chi connectivity index (χ0v) is 15.0. The van der Waals surface area contributed by atoms with Crippen molar-refractivity contribution in [3.63, 3.8) is 0 Å². The van der Waals surface area contributed by atoms with Gasteiger partial charge in [-0.3, -0.25) is 4.79 Å². The van der Waals surface area contributed by atoms with E-state index in [0.29, 0.717) is 18.1 Å². The minimum atomic E-state index is -0.153. The van der Waals surface area contributed by atoms with Crippen LogP contribution in [-0.2, 0) is 13.0 Å². The third kappa shape index (κ3) is 4.45. The number of rotatable bonds is 6. The van der Waals surface area contributed by atoms with E-state index in [1.807, 2.05) is 42.5 Å². The fourth-order valence-corrected chi connectivity index (χ4v) is 2.61. The van der Waals surface area contributed by atoms with E-state index in [1.165, 1.54) is 5.56 Å². The average molecular weight is 346 g/mol. The highest BCUT2D eigenvalue weighted by molar-refractivity contribution is 5.92. The Labute approximate surface area is 153 Å². The SMILES string of the molecule is CCc1ccc(Nc2ccc(C(=O)N(C)Cc3ccccc3)nn2)cc1. The van der Waals surface area contributed by atoms with Gasteiger partial charge in [0.25, 0.3) is 5.91 Å². The highest BCUT2D eigenvalue weighted by Gasteiger charge is 2.14. The lowest BCUT2D eigenvalue weighted by Gasteiger charge is -2.16. The number of carbonyl (C=O) groups excluding carboxylic acids is 1. The smallest absolute Gasteiger partial charge is 0.274 e. The fraction of sp³-hybridized carbons (Fsp3) is 0.190. The van der Waals surface area contributed by atoms with Crippen LogP contribution in [0.3, 0.4) is 0 Å². The van der Waals surface area contributed by atoms with E-state index in [-0.39, 0.29) is 5.91 Å². The van der Waals surface area contributed by atoms with Crippen molar-refractivity contribution in [2.75, 3.05) is 12.4 Å². The Hall–Kier alpha value is -3.21. The Morgan fingerprint density at radius 2 is 1.65 bits per heavy atom. The second-order valence-electron chi connectivity index (χ2n) is 6.13. The van der Waals surface area contributed by atoms with Gasteiger partial charge in [0.2, 0.25) is 0 Å². The van der Waals surface area contributed by atoms with Crippen molar-refractivity contribution in [3.05, 3.63) is 83.6 Å². The van der Waals surface area contributed by atoms with E-state index in [9.17, 15) is 4.79 Å². The van der Waals surface area contributed by atoms with Crippen LogP contribution in [0.15, 0.2) is 66.7 Å². The van der Waals surface area contributed by atoms with Gasteiger partial charge < -0.3 is 10.2 Å². The molecule has 0 radical (unpaired) electrons. The number of nitrogens with one attached hydrogen (secondary N) is 1. The molecule has 26 heavy (non-hydrogen) atoms. The van der Waals surface area contributed by atoms with Crippen LogP contribution in [0.5, 0.6) is 0 Å². The van der Waals surface area contributed by atoms with Crippen LogP contribution in [-0.4, -0.2) is 28.1 Å². The summed E-state index contributed by atoms with van der Waals surface area (Å²) in [4.78, 5) is 14.1. The van der Waals surface area contributed by atoms with E-state index < -0.39 is 0 Å². The molecule has 1 aromatic heterocycles. The Balaban J connectivity index is 1.63. The molecule has 5 heteroatoms. The van der Waals surface area contributed by atoms with E-state index in [1.54, 1.807) is 24.1 Å². The minimum absolute atomic E-state index is 0.153. The molecule has 0 bridgehead atoms. The molecule has 2 aromatic carbocycles. The molecule has 0 unspecified atom stereocenters. The molecule has 1 N–H and O–H groups in total. The van der Waals surface area contributed by atoms with E-state index in [4.69, 9.17) is 0 Å². The first-order valence-corrected chi connectivity index (χ1v) is 8.65. The number of aryl methyl sites for hydroxylation is 1. The number of benzene rings is 2. The van der Waals surface area contributed by atoms with Gasteiger partial charge in [0.1, 0.15) is 0 Å². The molecule has 3 rings (SSSR count). The highest BCUT2D eigenvalue weighted by atomic mass is 16.2. The van der Waals surface area contributed by atoms with Crippen LogP contribution < -0.4 is 5.32 Å². The number of anilines is 2. The quantitative estimate of drug-likeness (QED) is 0.731. The van der Waals surface area contributed by atoms with Gasteiger partial charge in [-0.15, -0.1) is 10.2 Å². The average Bonchev–Trinajstić information content (AvgIpc) is 2.69. The highest BCUT2D eigenvalue weighted by Crippen LogP contribution is 2.15. The Bertz CT molecular complexity index is 845. The van der Waals surface area contributed by atoms with Crippen molar-refractivity contribution in [3.8, 4) is 0 Å². The molecular weight excluding hydrogens is 324 g/mol. The van der Waals surface area contributed by atoms with Crippen LogP contribution in [0.2, 0.25) is 0 Å². The van der Waals surface area contributed by atoms with Gasteiger partial charge in [-0.05, 0) is 41.8 Å². The van der Waals surface area contributed by atoms with Gasteiger partial charge in [-0.25, -0.2) is 0 Å². The number of amides is 1. The van der Waals surface area contributed by atoms with Crippen molar-refractivity contribution < 1.29 is 4.79 Å². The Morgan fingerprint density at radius 1 is 0.923 bits per heavy atom. The molecule has 0 saturated heterocycles. The summed E-state index contributed by atoms with van der Waals surface area (Å²) in [6.45, 7) is 2.66. The molecule has 1 heterocycles. The van der Waals surface area contributed by atoms with Crippen LogP contribution in [0.25, 0.3) is 0 Å². The van der Waals surface area contributed by atoms with Crippen molar-refractivity contribution in [2.45, 2.75) is 19.9 Å². The normalized spacial score (nSPS) is 10.4. The molecule has 5 nitrogen and oxygen atoms in total. The number of hydrogen-bond donors (Lipinski definition) is 1. The predicted molar refractivity (Wildman–Crippen MR) is 103 cm³/mol. The monoisotopic (exact) mass is 346 g/mol. The second kappa shape index (κ2) is 8.25. The maximum atomic E-state index is 12.5. The van der Waals surface area contributed by atoms with Gasteiger partial charge in [0.05, 0.1) is 0 Å². The summed E-state index contributed by atoms with van der Waals surface area (Å²) in [6.07, 6.45) is 1.01. The van der Waals surface area contributed by atoms with Gasteiger partial charge in [-0.2, -0.15) is 0 Å². The second-order valence-corrected chi connectivity index (χ2v) is 6.13. The third-order valence-corrected chi connectivity index (χ3v) is 4.13. The topological polar surface area (TPSA) is 58.1 Å². The molecule has 0 aliphatic heterocycles. The first kappa shape index (κ1) is 17.6. The number of carbonyl (C=O) groups is 1. The molecule has 1 amide bonds. The maximum absolute atomic E-state index is 12.5. The Morgan fingerprint density at radius 3 is 2.27 bits per heavy atom. The molecule has 0 aliphatic carbocycles. The zero-order valence-electron chi connectivity index (χ0n) is 15.0. The molecule has 0 fully saturated rings.